The van der Waals surface area contributed by atoms with Crippen molar-refractivity contribution in [2.45, 2.75) is 20.3 Å². The summed E-state index contributed by atoms with van der Waals surface area (Å²) in [6, 6.07) is 9.41. The van der Waals surface area contributed by atoms with Gasteiger partial charge in [-0.2, -0.15) is 5.10 Å². The van der Waals surface area contributed by atoms with E-state index in [-0.39, 0.29) is 11.8 Å². The van der Waals surface area contributed by atoms with Crippen LogP contribution < -0.4 is 5.32 Å². The minimum Gasteiger partial charge on any atom is -0.378 e. The maximum Gasteiger partial charge on any atom is 0.276 e. The van der Waals surface area contributed by atoms with Crippen molar-refractivity contribution in [2.75, 3.05) is 31.6 Å². The number of rotatable bonds is 4. The number of anilines is 1. The summed E-state index contributed by atoms with van der Waals surface area (Å²) in [5.74, 6) is 0.382. The Morgan fingerprint density at radius 1 is 1.12 bits per heavy atom. The van der Waals surface area contributed by atoms with E-state index in [1.54, 1.807) is 6.20 Å². The van der Waals surface area contributed by atoms with E-state index in [1.165, 1.54) is 0 Å². The molecule has 0 bridgehead atoms. The van der Waals surface area contributed by atoms with Crippen molar-refractivity contribution in [3.8, 4) is 0 Å². The van der Waals surface area contributed by atoms with E-state index < -0.39 is 0 Å². The van der Waals surface area contributed by atoms with Gasteiger partial charge in [0, 0.05) is 41.9 Å². The fourth-order valence-corrected chi connectivity index (χ4v) is 3.97. The number of carbonyl (C=O) groups is 2. The molecule has 0 aliphatic carbocycles. The second-order valence-electron chi connectivity index (χ2n) is 8.20. The van der Waals surface area contributed by atoms with Crippen molar-refractivity contribution in [1.29, 1.82) is 0 Å². The number of aryl methyl sites for hydroxylation is 1. The average Bonchev–Trinajstić information content (AvgIpc) is 3.42. The summed E-state index contributed by atoms with van der Waals surface area (Å²) >= 11 is 0. The lowest BCUT2D eigenvalue weighted by atomic mass is 10.0. The second kappa shape index (κ2) is 8.59. The zero-order chi connectivity index (χ0) is 22.9. The minimum absolute atomic E-state index is 0.0193. The molecule has 2 amide bonds. The van der Waals surface area contributed by atoms with Gasteiger partial charge in [-0.25, -0.2) is 9.98 Å². The van der Waals surface area contributed by atoms with E-state index in [0.29, 0.717) is 55.5 Å². The first-order valence-electron chi connectivity index (χ1n) is 10.9. The van der Waals surface area contributed by atoms with Gasteiger partial charge in [-0.3, -0.25) is 14.7 Å². The number of ether oxygens (including phenoxy) is 1. The molecule has 1 saturated heterocycles. The lowest BCUT2D eigenvalue weighted by Gasteiger charge is -2.26. The van der Waals surface area contributed by atoms with Gasteiger partial charge >= 0.3 is 0 Å². The van der Waals surface area contributed by atoms with E-state index >= 15 is 0 Å². The predicted octanol–water partition coefficient (Wildman–Crippen LogP) is 2.82. The quantitative estimate of drug-likeness (QED) is 0.643. The maximum absolute atomic E-state index is 12.7. The van der Waals surface area contributed by atoms with Gasteiger partial charge in [0.05, 0.1) is 30.8 Å². The highest BCUT2D eigenvalue weighted by atomic mass is 16.5. The van der Waals surface area contributed by atoms with Crippen LogP contribution >= 0.6 is 0 Å². The van der Waals surface area contributed by atoms with Gasteiger partial charge in [-0.15, -0.1) is 0 Å². The van der Waals surface area contributed by atoms with Crippen LogP contribution in [0, 0.1) is 13.8 Å². The molecule has 3 aromatic rings. The molecule has 0 radical (unpaired) electrons. The number of fused-ring (bicyclic) bond motifs is 1. The van der Waals surface area contributed by atoms with Crippen LogP contribution in [0.25, 0.3) is 0 Å². The number of carbonyl (C=O) groups excluding carboxylic acids is 2. The van der Waals surface area contributed by atoms with Crippen molar-refractivity contribution >= 4 is 29.0 Å². The summed E-state index contributed by atoms with van der Waals surface area (Å²) in [6.45, 7) is 6.12. The number of pyridine rings is 1. The maximum atomic E-state index is 12.7. The Morgan fingerprint density at radius 3 is 2.58 bits per heavy atom. The Balaban J connectivity index is 1.27. The smallest absolute Gasteiger partial charge is 0.276 e. The van der Waals surface area contributed by atoms with Crippen LogP contribution in [0.3, 0.4) is 0 Å². The molecule has 2 aromatic heterocycles. The lowest BCUT2D eigenvalue weighted by molar-refractivity contribution is 0.0303. The van der Waals surface area contributed by atoms with Gasteiger partial charge in [-0.1, -0.05) is 12.1 Å². The molecule has 4 heterocycles. The molecule has 2 aliphatic rings. The van der Waals surface area contributed by atoms with Crippen LogP contribution in [0.4, 0.5) is 11.5 Å². The van der Waals surface area contributed by atoms with E-state index in [4.69, 9.17) is 4.74 Å². The first-order valence-corrected chi connectivity index (χ1v) is 10.9. The highest BCUT2D eigenvalue weighted by Crippen LogP contribution is 2.29. The number of benzene rings is 1. The number of amides is 2. The SMILES string of the molecule is Cc1[nH]nc(C(=O)Nc2cnc3c(c2)CC(c2ccc(C(=O)N4CCOCC4)cc2)=N3)c1C. The molecule has 168 valence electrons. The molecule has 0 unspecified atom stereocenters. The third-order valence-electron chi connectivity index (χ3n) is 6.03. The fraction of sp³-hybridized carbons (Fsp3) is 0.292. The first kappa shape index (κ1) is 21.0. The van der Waals surface area contributed by atoms with Crippen LogP contribution in [0.5, 0.6) is 0 Å². The molecule has 2 aliphatic heterocycles. The molecule has 33 heavy (non-hydrogen) atoms. The number of hydrogen-bond donors (Lipinski definition) is 2. The lowest BCUT2D eigenvalue weighted by Crippen LogP contribution is -2.40. The monoisotopic (exact) mass is 444 g/mol. The van der Waals surface area contributed by atoms with Crippen molar-refractivity contribution in [3.05, 3.63) is 70.2 Å². The number of nitrogens with one attached hydrogen (secondary N) is 2. The number of H-pyrrole nitrogens is 1. The number of aromatic nitrogens is 3. The number of aliphatic imine (C=N–C) groups is 1. The zero-order valence-electron chi connectivity index (χ0n) is 18.5. The Bertz CT molecular complexity index is 1260. The summed E-state index contributed by atoms with van der Waals surface area (Å²) < 4.78 is 5.32. The summed E-state index contributed by atoms with van der Waals surface area (Å²) in [5.41, 5.74) is 6.07. The Kier molecular flexibility index (Phi) is 5.47. The highest BCUT2D eigenvalue weighted by Gasteiger charge is 2.22. The van der Waals surface area contributed by atoms with Crippen molar-refractivity contribution in [3.63, 3.8) is 0 Å². The molecule has 1 fully saturated rings. The first-order chi connectivity index (χ1) is 16.0. The van der Waals surface area contributed by atoms with Crippen LogP contribution in [-0.4, -0.2) is 63.9 Å². The van der Waals surface area contributed by atoms with Gasteiger partial charge in [0.25, 0.3) is 11.8 Å². The number of morpholine rings is 1. The van der Waals surface area contributed by atoms with E-state index in [2.05, 4.69) is 25.5 Å². The highest BCUT2D eigenvalue weighted by molar-refractivity contribution is 6.07. The van der Waals surface area contributed by atoms with E-state index in [9.17, 15) is 9.59 Å². The van der Waals surface area contributed by atoms with Gasteiger partial charge in [0.15, 0.2) is 11.5 Å². The summed E-state index contributed by atoms with van der Waals surface area (Å²) in [4.78, 5) is 36.1. The van der Waals surface area contributed by atoms with Gasteiger partial charge in [-0.05, 0) is 37.6 Å². The minimum atomic E-state index is -0.279. The molecule has 0 saturated carbocycles. The summed E-state index contributed by atoms with van der Waals surface area (Å²) in [7, 11) is 0. The van der Waals surface area contributed by atoms with Crippen molar-refractivity contribution in [2.24, 2.45) is 4.99 Å². The zero-order valence-corrected chi connectivity index (χ0v) is 18.5. The van der Waals surface area contributed by atoms with Gasteiger partial charge < -0.3 is 15.0 Å². The second-order valence-corrected chi connectivity index (χ2v) is 8.20. The molecular formula is C24H24N6O3. The van der Waals surface area contributed by atoms with Crippen molar-refractivity contribution < 1.29 is 14.3 Å². The topological polar surface area (TPSA) is 113 Å². The van der Waals surface area contributed by atoms with E-state index in [0.717, 1.165) is 28.1 Å². The van der Waals surface area contributed by atoms with Crippen LogP contribution in [0.1, 0.15) is 43.2 Å². The third kappa shape index (κ3) is 4.14. The third-order valence-corrected chi connectivity index (χ3v) is 6.03. The van der Waals surface area contributed by atoms with Crippen LogP contribution in [-0.2, 0) is 11.2 Å². The fourth-order valence-electron chi connectivity index (χ4n) is 3.97. The molecule has 5 rings (SSSR count). The van der Waals surface area contributed by atoms with Crippen LogP contribution in [0.15, 0.2) is 41.5 Å². The van der Waals surface area contributed by atoms with Gasteiger partial charge in [0.2, 0.25) is 0 Å². The predicted molar refractivity (Wildman–Crippen MR) is 123 cm³/mol. The molecule has 0 spiro atoms. The largest absolute Gasteiger partial charge is 0.378 e. The number of nitrogens with zero attached hydrogens (tertiary/aromatic N) is 4. The molecule has 9 nitrogen and oxygen atoms in total. The summed E-state index contributed by atoms with van der Waals surface area (Å²) in [6.07, 6.45) is 2.20. The Morgan fingerprint density at radius 2 is 1.88 bits per heavy atom. The van der Waals surface area contributed by atoms with Gasteiger partial charge in [0.1, 0.15) is 0 Å². The Hall–Kier alpha value is -3.85. The molecule has 0 atom stereocenters. The molecule has 1 aromatic carbocycles. The van der Waals surface area contributed by atoms with Crippen LogP contribution in [0.2, 0.25) is 0 Å². The number of hydrogen-bond acceptors (Lipinski definition) is 6. The Labute approximate surface area is 190 Å². The normalized spacial score (nSPS) is 15.2. The van der Waals surface area contributed by atoms with Crippen molar-refractivity contribution in [1.82, 2.24) is 20.1 Å². The number of aromatic amines is 1. The standard InChI is InChI=1S/C24H24N6O3/c1-14-15(2)28-29-21(14)23(31)26-19-11-18-12-20(27-22(18)25-13-19)16-3-5-17(6-4-16)24(32)30-7-9-33-10-8-30/h3-6,11,13H,7-10,12H2,1-2H3,(H,26,31)(H,28,29). The molecular weight excluding hydrogens is 420 g/mol. The molecule has 9 heteroatoms. The molecule has 2 N–H and O–H groups in total. The average molecular weight is 444 g/mol. The summed E-state index contributed by atoms with van der Waals surface area (Å²) in [5, 5.41) is 9.76. The van der Waals surface area contributed by atoms with E-state index in [1.807, 2.05) is 49.1 Å².